The predicted molar refractivity (Wildman–Crippen MR) is 84.5 cm³/mol. The third kappa shape index (κ3) is 3.68. The number of methoxy groups -OCH3 is 1. The van der Waals surface area contributed by atoms with Gasteiger partial charge >= 0.3 is 0 Å². The topological polar surface area (TPSA) is 32.7 Å². The summed E-state index contributed by atoms with van der Waals surface area (Å²) in [6.07, 6.45) is 4.37. The van der Waals surface area contributed by atoms with Crippen molar-refractivity contribution < 1.29 is 9.84 Å². The number of aliphatic hydroxyl groups excluding tert-OH is 1. The van der Waals surface area contributed by atoms with Crippen molar-refractivity contribution in [3.63, 3.8) is 0 Å². The van der Waals surface area contributed by atoms with Gasteiger partial charge in [0.15, 0.2) is 0 Å². The molecule has 1 atom stereocenters. The lowest BCUT2D eigenvalue weighted by Crippen LogP contribution is -2.43. The quantitative estimate of drug-likeness (QED) is 0.847. The smallest absolute Gasteiger partial charge is 0.132 e. The lowest BCUT2D eigenvalue weighted by Gasteiger charge is -2.39. The summed E-state index contributed by atoms with van der Waals surface area (Å²) < 4.78 is 5.36. The molecule has 112 valence electrons. The Morgan fingerprint density at radius 2 is 2.25 bits per heavy atom. The fraction of sp³-hybridized carbons (Fsp3) is 0.625. The Hall–Kier alpha value is -0.710. The van der Waals surface area contributed by atoms with Crippen molar-refractivity contribution in [1.29, 1.82) is 0 Å². The minimum absolute atomic E-state index is 0.0626. The minimum atomic E-state index is 0.0626. The Morgan fingerprint density at radius 3 is 2.90 bits per heavy atom. The molecular formula is C16H25NO2S. The molecule has 0 amide bonds. The Labute approximate surface area is 126 Å². The largest absolute Gasteiger partial charge is 0.496 e. The number of aliphatic hydroxyl groups is 1. The second kappa shape index (κ2) is 6.83. The highest BCUT2D eigenvalue weighted by Gasteiger charge is 2.30. The summed E-state index contributed by atoms with van der Waals surface area (Å²) in [4.78, 5) is 3.64. The molecule has 0 radical (unpaired) electrons. The standard InChI is InChI=1S/C16H25NO2S/c1-16(12-18)7-4-8-17(11-16)10-13-5-6-14(19-2)15(9-13)20-3/h5-6,9,18H,4,7-8,10-12H2,1-3H3. The lowest BCUT2D eigenvalue weighted by atomic mass is 9.82. The van der Waals surface area contributed by atoms with Crippen LogP contribution in [0.5, 0.6) is 5.75 Å². The van der Waals surface area contributed by atoms with E-state index in [1.807, 2.05) is 0 Å². The molecule has 1 unspecified atom stereocenters. The van der Waals surface area contributed by atoms with Crippen LogP contribution in [0.25, 0.3) is 0 Å². The molecule has 4 heteroatoms. The first-order chi connectivity index (χ1) is 9.60. The predicted octanol–water partition coefficient (Wildman–Crippen LogP) is 3.01. The summed E-state index contributed by atoms with van der Waals surface area (Å²) in [6.45, 7) is 5.51. The van der Waals surface area contributed by atoms with E-state index >= 15 is 0 Å². The van der Waals surface area contributed by atoms with E-state index in [9.17, 15) is 5.11 Å². The SMILES string of the molecule is COc1ccc(CN2CCCC(C)(CO)C2)cc1SC. The van der Waals surface area contributed by atoms with Gasteiger partial charge in [0.2, 0.25) is 0 Å². The van der Waals surface area contributed by atoms with Crippen molar-refractivity contribution in [1.82, 2.24) is 4.90 Å². The summed E-state index contributed by atoms with van der Waals surface area (Å²) in [5.41, 5.74) is 1.38. The molecule has 1 aliphatic rings. The summed E-state index contributed by atoms with van der Waals surface area (Å²) in [5, 5.41) is 9.54. The molecule has 0 spiro atoms. The highest BCUT2D eigenvalue weighted by atomic mass is 32.2. The van der Waals surface area contributed by atoms with Gasteiger partial charge in [-0.3, -0.25) is 4.90 Å². The van der Waals surface area contributed by atoms with Gasteiger partial charge < -0.3 is 9.84 Å². The fourth-order valence-electron chi connectivity index (χ4n) is 2.93. The van der Waals surface area contributed by atoms with Crippen LogP contribution < -0.4 is 4.74 Å². The van der Waals surface area contributed by atoms with Crippen LogP contribution in [0.2, 0.25) is 0 Å². The zero-order valence-corrected chi connectivity index (χ0v) is 13.5. The summed E-state index contributed by atoms with van der Waals surface area (Å²) >= 11 is 1.72. The molecule has 0 aromatic heterocycles. The number of thioether (sulfide) groups is 1. The highest BCUT2D eigenvalue weighted by molar-refractivity contribution is 7.98. The van der Waals surface area contributed by atoms with Crippen molar-refractivity contribution in [2.75, 3.05) is 33.1 Å². The van der Waals surface area contributed by atoms with Crippen LogP contribution >= 0.6 is 11.8 Å². The summed E-state index contributed by atoms with van der Waals surface area (Å²) in [5.74, 6) is 0.945. The molecule has 0 bridgehead atoms. The molecule has 1 aromatic rings. The van der Waals surface area contributed by atoms with Crippen LogP contribution in [-0.4, -0.2) is 43.1 Å². The first-order valence-corrected chi connectivity index (χ1v) is 8.37. The monoisotopic (exact) mass is 295 g/mol. The average molecular weight is 295 g/mol. The van der Waals surface area contributed by atoms with Gasteiger partial charge in [-0.2, -0.15) is 0 Å². The van der Waals surface area contributed by atoms with Gasteiger partial charge in [-0.15, -0.1) is 11.8 Å². The average Bonchev–Trinajstić information content (AvgIpc) is 2.47. The molecule has 0 aliphatic carbocycles. The van der Waals surface area contributed by atoms with Crippen LogP contribution in [0.3, 0.4) is 0 Å². The van der Waals surface area contributed by atoms with Crippen molar-refractivity contribution in [2.24, 2.45) is 5.41 Å². The van der Waals surface area contributed by atoms with Gasteiger partial charge in [-0.05, 0) is 43.3 Å². The molecule has 0 saturated carbocycles. The molecular weight excluding hydrogens is 270 g/mol. The molecule has 1 aromatic carbocycles. The number of hydrogen-bond donors (Lipinski definition) is 1. The minimum Gasteiger partial charge on any atom is -0.496 e. The number of hydrogen-bond acceptors (Lipinski definition) is 4. The number of piperidine rings is 1. The Kier molecular flexibility index (Phi) is 5.35. The molecule has 1 N–H and O–H groups in total. The van der Waals surface area contributed by atoms with E-state index in [-0.39, 0.29) is 12.0 Å². The molecule has 1 aliphatic heterocycles. The molecule has 1 fully saturated rings. The summed E-state index contributed by atoms with van der Waals surface area (Å²) in [6, 6.07) is 6.41. The first kappa shape index (κ1) is 15.7. The maximum Gasteiger partial charge on any atom is 0.132 e. The second-order valence-corrected chi connectivity index (χ2v) is 6.82. The molecule has 2 rings (SSSR count). The van der Waals surface area contributed by atoms with Crippen molar-refractivity contribution in [3.05, 3.63) is 23.8 Å². The third-order valence-corrected chi connectivity index (χ3v) is 4.85. The van der Waals surface area contributed by atoms with Gasteiger partial charge in [-0.25, -0.2) is 0 Å². The molecule has 1 heterocycles. The van der Waals surface area contributed by atoms with E-state index in [0.717, 1.165) is 31.8 Å². The zero-order valence-electron chi connectivity index (χ0n) is 12.7. The van der Waals surface area contributed by atoms with E-state index < -0.39 is 0 Å². The number of rotatable bonds is 5. The first-order valence-electron chi connectivity index (χ1n) is 7.14. The zero-order chi connectivity index (χ0) is 14.6. The molecule has 1 saturated heterocycles. The van der Waals surface area contributed by atoms with E-state index in [2.05, 4.69) is 36.3 Å². The van der Waals surface area contributed by atoms with E-state index in [1.165, 1.54) is 16.9 Å². The van der Waals surface area contributed by atoms with Crippen LogP contribution in [0.15, 0.2) is 23.1 Å². The van der Waals surface area contributed by atoms with Crippen LogP contribution in [0.1, 0.15) is 25.3 Å². The maximum absolute atomic E-state index is 9.54. The van der Waals surface area contributed by atoms with E-state index in [1.54, 1.807) is 18.9 Å². The number of ether oxygens (including phenoxy) is 1. The van der Waals surface area contributed by atoms with E-state index in [0.29, 0.717) is 0 Å². The number of nitrogens with zero attached hydrogens (tertiary/aromatic N) is 1. The Morgan fingerprint density at radius 1 is 1.45 bits per heavy atom. The normalized spacial score (nSPS) is 23.8. The van der Waals surface area contributed by atoms with Gasteiger partial charge in [-0.1, -0.05) is 13.0 Å². The summed E-state index contributed by atoms with van der Waals surface area (Å²) in [7, 11) is 1.71. The van der Waals surface area contributed by atoms with Crippen LogP contribution in [0, 0.1) is 5.41 Å². The lowest BCUT2D eigenvalue weighted by molar-refractivity contribution is 0.0429. The van der Waals surface area contributed by atoms with Crippen molar-refractivity contribution in [2.45, 2.75) is 31.2 Å². The number of benzene rings is 1. The molecule has 3 nitrogen and oxygen atoms in total. The van der Waals surface area contributed by atoms with Gasteiger partial charge in [0.25, 0.3) is 0 Å². The maximum atomic E-state index is 9.54. The third-order valence-electron chi connectivity index (χ3n) is 4.10. The molecule has 20 heavy (non-hydrogen) atoms. The van der Waals surface area contributed by atoms with Crippen LogP contribution in [0.4, 0.5) is 0 Å². The van der Waals surface area contributed by atoms with Gasteiger partial charge in [0.1, 0.15) is 5.75 Å². The fourth-order valence-corrected chi connectivity index (χ4v) is 3.55. The number of likely N-dealkylation sites (tertiary alicyclic amines) is 1. The Balaban J connectivity index is 2.06. The van der Waals surface area contributed by atoms with Gasteiger partial charge in [0.05, 0.1) is 7.11 Å². The Bertz CT molecular complexity index is 452. The van der Waals surface area contributed by atoms with Crippen LogP contribution in [-0.2, 0) is 6.54 Å². The highest BCUT2D eigenvalue weighted by Crippen LogP contribution is 2.32. The van der Waals surface area contributed by atoms with Crippen molar-refractivity contribution >= 4 is 11.8 Å². The van der Waals surface area contributed by atoms with Crippen molar-refractivity contribution in [3.8, 4) is 5.75 Å². The van der Waals surface area contributed by atoms with E-state index in [4.69, 9.17) is 4.74 Å². The van der Waals surface area contributed by atoms with Gasteiger partial charge in [0, 0.05) is 30.0 Å². The second-order valence-electron chi connectivity index (χ2n) is 5.97.